The van der Waals surface area contributed by atoms with Crippen molar-refractivity contribution in [2.75, 3.05) is 0 Å². The Morgan fingerprint density at radius 2 is 1.60 bits per heavy atom. The zero-order valence-corrected chi connectivity index (χ0v) is 15.9. The van der Waals surface area contributed by atoms with E-state index >= 15 is 0 Å². The molecule has 0 atom stereocenters. The lowest BCUT2D eigenvalue weighted by molar-refractivity contribution is -0.129. The number of benzene rings is 3. The van der Waals surface area contributed by atoms with E-state index in [9.17, 15) is 4.79 Å². The summed E-state index contributed by atoms with van der Waals surface area (Å²) in [6.07, 6.45) is 1.90. The van der Waals surface area contributed by atoms with Crippen molar-refractivity contribution in [3.63, 3.8) is 0 Å². The van der Waals surface area contributed by atoms with Crippen LogP contribution in [-0.2, 0) is 11.2 Å². The molecule has 0 amide bonds. The minimum absolute atomic E-state index is 0.0790. The van der Waals surface area contributed by atoms with Gasteiger partial charge in [0.05, 0.1) is 11.9 Å². The number of aromatic nitrogens is 3. The van der Waals surface area contributed by atoms with E-state index in [1.54, 1.807) is 16.8 Å². The Bertz CT molecular complexity index is 1170. The second kappa shape index (κ2) is 8.40. The number of carboxylic acid groups (broad SMARTS) is 1. The largest absolute Gasteiger partial charge is 0.477 e. The highest BCUT2D eigenvalue weighted by atomic mass is 16.5. The van der Waals surface area contributed by atoms with E-state index < -0.39 is 5.97 Å². The maximum atomic E-state index is 10.8. The monoisotopic (exact) mass is 398 g/mol. The number of hydrogen-bond donors (Lipinski definition) is 2. The second-order valence-electron chi connectivity index (χ2n) is 6.61. The van der Waals surface area contributed by atoms with Gasteiger partial charge in [-0.3, -0.25) is 5.41 Å². The summed E-state index contributed by atoms with van der Waals surface area (Å²) in [5.74, 6) is 0.304. The molecule has 1 aromatic heterocycles. The Kier molecular flexibility index (Phi) is 5.34. The summed E-state index contributed by atoms with van der Waals surface area (Å²) in [6.45, 7) is 0. The van der Waals surface area contributed by atoms with Crippen LogP contribution in [0, 0.1) is 5.41 Å². The van der Waals surface area contributed by atoms with Crippen molar-refractivity contribution >= 4 is 11.7 Å². The molecule has 0 unspecified atom stereocenters. The van der Waals surface area contributed by atoms with E-state index in [2.05, 4.69) is 10.3 Å². The van der Waals surface area contributed by atoms with Gasteiger partial charge in [-0.2, -0.15) is 0 Å². The van der Waals surface area contributed by atoms with Gasteiger partial charge in [0.15, 0.2) is 0 Å². The molecule has 0 aliphatic rings. The number of para-hydroxylation sites is 1. The first-order chi connectivity index (χ1) is 14.6. The highest BCUT2D eigenvalue weighted by Gasteiger charge is 2.09. The van der Waals surface area contributed by atoms with Crippen LogP contribution < -0.4 is 4.74 Å². The van der Waals surface area contributed by atoms with Crippen molar-refractivity contribution in [3.05, 3.63) is 90.6 Å². The molecule has 1 heterocycles. The number of carbonyl (C=O) groups is 1. The molecule has 0 saturated heterocycles. The maximum Gasteiger partial charge on any atom is 0.349 e. The van der Waals surface area contributed by atoms with Gasteiger partial charge in [0.1, 0.15) is 22.9 Å². The fourth-order valence-corrected chi connectivity index (χ4v) is 2.89. The molecule has 4 aromatic rings. The Balaban J connectivity index is 1.46. The van der Waals surface area contributed by atoms with E-state index in [1.165, 1.54) is 0 Å². The number of ether oxygens (including phenoxy) is 1. The normalized spacial score (nSPS) is 10.5. The predicted molar refractivity (Wildman–Crippen MR) is 112 cm³/mol. The molecule has 2 N–H and O–H groups in total. The van der Waals surface area contributed by atoms with Crippen molar-refractivity contribution in [2.45, 2.75) is 6.42 Å². The fourth-order valence-electron chi connectivity index (χ4n) is 2.89. The first kappa shape index (κ1) is 19.1. The highest BCUT2D eigenvalue weighted by Crippen LogP contribution is 2.25. The van der Waals surface area contributed by atoms with E-state index in [0.29, 0.717) is 0 Å². The SMILES string of the molecule is N=C(Cc1ccc(-n2cc(-c3ccc(Oc4ccccc4)cc3)nn2)cc1)C(=O)O. The van der Waals surface area contributed by atoms with Crippen LogP contribution in [0.5, 0.6) is 11.5 Å². The summed E-state index contributed by atoms with van der Waals surface area (Å²) in [5.41, 5.74) is 2.83. The third-order valence-electron chi connectivity index (χ3n) is 4.46. The predicted octanol–water partition coefficient (Wildman–Crippen LogP) is 4.37. The molecule has 0 saturated carbocycles. The summed E-state index contributed by atoms with van der Waals surface area (Å²) in [5, 5.41) is 24.7. The molecular weight excluding hydrogens is 380 g/mol. The smallest absolute Gasteiger partial charge is 0.349 e. The summed E-state index contributed by atoms with van der Waals surface area (Å²) in [4.78, 5) is 10.8. The van der Waals surface area contributed by atoms with Gasteiger partial charge < -0.3 is 9.84 Å². The fraction of sp³-hybridized carbons (Fsp3) is 0.0435. The van der Waals surface area contributed by atoms with E-state index in [4.69, 9.17) is 15.3 Å². The molecule has 0 spiro atoms. The van der Waals surface area contributed by atoms with Crippen molar-refractivity contribution in [1.29, 1.82) is 5.41 Å². The Labute approximate surface area is 172 Å². The Morgan fingerprint density at radius 1 is 0.933 bits per heavy atom. The summed E-state index contributed by atoms with van der Waals surface area (Å²) in [6, 6.07) is 24.4. The van der Waals surface area contributed by atoms with Gasteiger partial charge in [0, 0.05) is 12.0 Å². The van der Waals surface area contributed by atoms with Gasteiger partial charge >= 0.3 is 5.97 Å². The molecule has 0 aliphatic carbocycles. The topological polar surface area (TPSA) is 101 Å². The number of nitrogens with zero attached hydrogens (tertiary/aromatic N) is 3. The average molecular weight is 398 g/mol. The lowest BCUT2D eigenvalue weighted by Crippen LogP contribution is -2.14. The van der Waals surface area contributed by atoms with Crippen molar-refractivity contribution < 1.29 is 14.6 Å². The van der Waals surface area contributed by atoms with Crippen molar-refractivity contribution in [1.82, 2.24) is 15.0 Å². The van der Waals surface area contributed by atoms with Crippen LogP contribution in [0.1, 0.15) is 5.56 Å². The first-order valence-electron chi connectivity index (χ1n) is 9.24. The van der Waals surface area contributed by atoms with Gasteiger partial charge in [-0.25, -0.2) is 9.48 Å². The molecule has 0 aliphatic heterocycles. The summed E-state index contributed by atoms with van der Waals surface area (Å²) < 4.78 is 7.45. The maximum absolute atomic E-state index is 10.8. The van der Waals surface area contributed by atoms with Crippen LogP contribution in [0.4, 0.5) is 0 Å². The van der Waals surface area contributed by atoms with Crippen LogP contribution in [0.25, 0.3) is 16.9 Å². The van der Waals surface area contributed by atoms with Crippen LogP contribution in [0.15, 0.2) is 85.1 Å². The van der Waals surface area contributed by atoms with Gasteiger partial charge in [-0.1, -0.05) is 35.5 Å². The van der Waals surface area contributed by atoms with Crippen LogP contribution >= 0.6 is 0 Å². The summed E-state index contributed by atoms with van der Waals surface area (Å²) in [7, 11) is 0. The molecule has 0 bridgehead atoms. The number of hydrogen-bond acceptors (Lipinski definition) is 5. The van der Waals surface area contributed by atoms with Gasteiger partial charge in [0.2, 0.25) is 0 Å². The molecule has 0 fully saturated rings. The second-order valence-corrected chi connectivity index (χ2v) is 6.61. The van der Waals surface area contributed by atoms with Crippen molar-refractivity contribution in [2.24, 2.45) is 0 Å². The van der Waals surface area contributed by atoms with E-state index in [1.807, 2.05) is 72.9 Å². The molecule has 7 nitrogen and oxygen atoms in total. The Morgan fingerprint density at radius 3 is 2.27 bits per heavy atom. The third-order valence-corrected chi connectivity index (χ3v) is 4.46. The lowest BCUT2D eigenvalue weighted by Gasteiger charge is -2.05. The Hall–Kier alpha value is -4.26. The number of aliphatic carboxylic acids is 1. The molecule has 7 heteroatoms. The number of nitrogens with one attached hydrogen (secondary N) is 1. The minimum atomic E-state index is -1.21. The lowest BCUT2D eigenvalue weighted by atomic mass is 10.1. The third kappa shape index (κ3) is 4.41. The zero-order valence-electron chi connectivity index (χ0n) is 15.9. The van der Waals surface area contributed by atoms with Crippen LogP contribution in [-0.4, -0.2) is 31.8 Å². The first-order valence-corrected chi connectivity index (χ1v) is 9.24. The van der Waals surface area contributed by atoms with E-state index in [-0.39, 0.29) is 12.1 Å². The summed E-state index contributed by atoms with van der Waals surface area (Å²) >= 11 is 0. The van der Waals surface area contributed by atoms with Crippen LogP contribution in [0.3, 0.4) is 0 Å². The standard InChI is InChI=1S/C23H18N4O3/c24-21(23(28)29)14-16-6-10-18(11-7-16)27-15-22(25-26-27)17-8-12-20(13-9-17)30-19-4-2-1-3-5-19/h1-13,15,24H,14H2,(H,28,29). The molecule has 3 aromatic carbocycles. The number of carboxylic acids is 1. The molecule has 30 heavy (non-hydrogen) atoms. The molecule has 0 radical (unpaired) electrons. The van der Waals surface area contributed by atoms with E-state index in [0.717, 1.165) is 34.0 Å². The molecular formula is C23H18N4O3. The quantitative estimate of drug-likeness (QED) is 0.450. The van der Waals surface area contributed by atoms with Gasteiger partial charge in [-0.15, -0.1) is 5.10 Å². The van der Waals surface area contributed by atoms with Crippen molar-refractivity contribution in [3.8, 4) is 28.4 Å². The molecule has 4 rings (SSSR count). The highest BCUT2D eigenvalue weighted by molar-refractivity contribution is 6.34. The van der Waals surface area contributed by atoms with Crippen LogP contribution in [0.2, 0.25) is 0 Å². The average Bonchev–Trinajstić information content (AvgIpc) is 3.26. The minimum Gasteiger partial charge on any atom is -0.477 e. The number of rotatable bonds is 7. The zero-order chi connectivity index (χ0) is 20.9. The van der Waals surface area contributed by atoms with Gasteiger partial charge in [0.25, 0.3) is 0 Å². The van der Waals surface area contributed by atoms with Gasteiger partial charge in [-0.05, 0) is 54.1 Å². The molecule has 148 valence electrons.